The molecule has 2 rings (SSSR count). The molecule has 1 aliphatic heterocycles. The third kappa shape index (κ3) is 4.84. The van der Waals surface area contributed by atoms with E-state index < -0.39 is 17.7 Å². The average Bonchev–Trinajstić information content (AvgIpc) is 2.52. The number of hydrogen-bond donors (Lipinski definition) is 1. The average molecular weight is 335 g/mol. The van der Waals surface area contributed by atoms with E-state index in [2.05, 4.69) is 10.3 Å². The molecule has 132 valence electrons. The highest BCUT2D eigenvalue weighted by molar-refractivity contribution is 5.95. The van der Waals surface area contributed by atoms with Crippen LogP contribution in [0, 0.1) is 0 Å². The number of ether oxygens (including phenoxy) is 2. The standard InChI is InChI=1S/C17H25N3O4/c1-17(2,3)24-16(22)19-12-6-5-9-20(11-12)14-10-18-8-7-13(14)15(21)23-4/h7-8,10,12H,5-6,9,11H2,1-4H3,(H,19,22)/t12-/m0/s1. The third-order valence-corrected chi connectivity index (χ3v) is 3.69. The Morgan fingerprint density at radius 3 is 2.79 bits per heavy atom. The van der Waals surface area contributed by atoms with Crippen molar-refractivity contribution in [2.75, 3.05) is 25.1 Å². The highest BCUT2D eigenvalue weighted by atomic mass is 16.6. The minimum atomic E-state index is -0.528. The molecular formula is C17H25N3O4. The predicted molar refractivity (Wildman–Crippen MR) is 90.2 cm³/mol. The molecule has 1 aromatic heterocycles. The largest absolute Gasteiger partial charge is 0.465 e. The number of piperidine rings is 1. The quantitative estimate of drug-likeness (QED) is 0.854. The van der Waals surface area contributed by atoms with Crippen LogP contribution in [0.1, 0.15) is 44.0 Å². The molecule has 0 saturated carbocycles. The van der Waals surface area contributed by atoms with Gasteiger partial charge in [0.2, 0.25) is 0 Å². The van der Waals surface area contributed by atoms with Crippen molar-refractivity contribution < 1.29 is 19.1 Å². The van der Waals surface area contributed by atoms with Gasteiger partial charge in [0, 0.05) is 25.3 Å². The summed E-state index contributed by atoms with van der Waals surface area (Å²) in [6.45, 7) is 6.88. The number of pyridine rings is 1. The third-order valence-electron chi connectivity index (χ3n) is 3.69. The van der Waals surface area contributed by atoms with Crippen LogP contribution in [0.2, 0.25) is 0 Å². The Labute approximate surface area is 142 Å². The summed E-state index contributed by atoms with van der Waals surface area (Å²) < 4.78 is 10.1. The Morgan fingerprint density at radius 1 is 1.38 bits per heavy atom. The zero-order valence-corrected chi connectivity index (χ0v) is 14.7. The second kappa shape index (κ2) is 7.51. The molecule has 1 N–H and O–H groups in total. The molecule has 1 aliphatic rings. The summed E-state index contributed by atoms with van der Waals surface area (Å²) in [6, 6.07) is 1.60. The lowest BCUT2D eigenvalue weighted by Gasteiger charge is -2.35. The fourth-order valence-electron chi connectivity index (χ4n) is 2.71. The zero-order valence-electron chi connectivity index (χ0n) is 14.7. The van der Waals surface area contributed by atoms with Crippen molar-refractivity contribution in [3.05, 3.63) is 24.0 Å². The molecule has 0 aromatic carbocycles. The van der Waals surface area contributed by atoms with E-state index in [4.69, 9.17) is 9.47 Å². The molecule has 0 bridgehead atoms. The Kier molecular flexibility index (Phi) is 5.64. The molecule has 1 fully saturated rings. The van der Waals surface area contributed by atoms with Crippen LogP contribution < -0.4 is 10.2 Å². The molecule has 0 spiro atoms. The van der Waals surface area contributed by atoms with Gasteiger partial charge in [-0.3, -0.25) is 4.98 Å². The summed E-state index contributed by atoms with van der Waals surface area (Å²) in [5.74, 6) is -0.394. The first-order valence-corrected chi connectivity index (χ1v) is 8.07. The minimum absolute atomic E-state index is 0.0423. The maximum absolute atomic E-state index is 12.0. The first-order chi connectivity index (χ1) is 11.3. The zero-order chi connectivity index (χ0) is 17.7. The molecule has 7 nitrogen and oxygen atoms in total. The first-order valence-electron chi connectivity index (χ1n) is 8.07. The predicted octanol–water partition coefficient (Wildman–Crippen LogP) is 2.36. The highest BCUT2D eigenvalue weighted by Gasteiger charge is 2.26. The normalized spacial score (nSPS) is 18.0. The second-order valence-corrected chi connectivity index (χ2v) is 6.82. The van der Waals surface area contributed by atoms with Gasteiger partial charge in [-0.05, 0) is 39.7 Å². The van der Waals surface area contributed by atoms with Gasteiger partial charge in [-0.15, -0.1) is 0 Å². The fourth-order valence-corrected chi connectivity index (χ4v) is 2.71. The van der Waals surface area contributed by atoms with E-state index in [9.17, 15) is 9.59 Å². The topological polar surface area (TPSA) is 80.8 Å². The van der Waals surface area contributed by atoms with E-state index in [1.165, 1.54) is 7.11 Å². The van der Waals surface area contributed by atoms with Gasteiger partial charge in [0.15, 0.2) is 0 Å². The number of carbonyl (C=O) groups excluding carboxylic acids is 2. The van der Waals surface area contributed by atoms with Crippen LogP contribution in [0.4, 0.5) is 10.5 Å². The van der Waals surface area contributed by atoms with Crippen LogP contribution >= 0.6 is 0 Å². The van der Waals surface area contributed by atoms with E-state index in [0.717, 1.165) is 25.1 Å². The Morgan fingerprint density at radius 2 is 2.12 bits per heavy atom. The number of carbonyl (C=O) groups is 2. The summed E-state index contributed by atoms with van der Waals surface area (Å²) in [5.41, 5.74) is 0.672. The number of hydrogen-bond acceptors (Lipinski definition) is 6. The number of aromatic nitrogens is 1. The first kappa shape index (κ1) is 18.0. The summed E-state index contributed by atoms with van der Waals surface area (Å²) in [4.78, 5) is 30.0. The number of anilines is 1. The number of esters is 1. The SMILES string of the molecule is COC(=O)c1ccncc1N1CCC[C@H](NC(=O)OC(C)(C)C)C1. The molecule has 0 radical (unpaired) electrons. The van der Waals surface area contributed by atoms with Gasteiger partial charge in [-0.1, -0.05) is 0 Å². The second-order valence-electron chi connectivity index (χ2n) is 6.82. The summed E-state index contributed by atoms with van der Waals surface area (Å²) in [7, 11) is 1.36. The van der Waals surface area contributed by atoms with Crippen molar-refractivity contribution >= 4 is 17.7 Å². The number of methoxy groups -OCH3 is 1. The summed E-state index contributed by atoms with van der Waals surface area (Å²) in [6.07, 6.45) is 4.56. The van der Waals surface area contributed by atoms with E-state index in [-0.39, 0.29) is 6.04 Å². The van der Waals surface area contributed by atoms with E-state index >= 15 is 0 Å². The monoisotopic (exact) mass is 335 g/mol. The van der Waals surface area contributed by atoms with Gasteiger partial charge in [0.1, 0.15) is 5.60 Å². The lowest BCUT2D eigenvalue weighted by atomic mass is 10.0. The molecule has 2 heterocycles. The van der Waals surface area contributed by atoms with Crippen molar-refractivity contribution in [1.82, 2.24) is 10.3 Å². The van der Waals surface area contributed by atoms with Crippen LogP contribution in [0.25, 0.3) is 0 Å². The van der Waals surface area contributed by atoms with Gasteiger partial charge in [-0.25, -0.2) is 9.59 Å². The van der Waals surface area contributed by atoms with Crippen molar-refractivity contribution in [2.24, 2.45) is 0 Å². The van der Waals surface area contributed by atoms with Crippen LogP contribution in [0.15, 0.2) is 18.5 Å². The maximum Gasteiger partial charge on any atom is 0.407 e. The van der Waals surface area contributed by atoms with Gasteiger partial charge in [0.25, 0.3) is 0 Å². The molecule has 1 atom stereocenters. The lowest BCUT2D eigenvalue weighted by Crippen LogP contribution is -2.49. The smallest absolute Gasteiger partial charge is 0.407 e. The van der Waals surface area contributed by atoms with Gasteiger partial charge >= 0.3 is 12.1 Å². The van der Waals surface area contributed by atoms with Crippen molar-refractivity contribution in [3.8, 4) is 0 Å². The molecule has 7 heteroatoms. The van der Waals surface area contributed by atoms with E-state index in [1.54, 1.807) is 18.5 Å². The Bertz CT molecular complexity index is 598. The van der Waals surface area contributed by atoms with Gasteiger partial charge in [-0.2, -0.15) is 0 Å². The molecule has 1 saturated heterocycles. The highest BCUT2D eigenvalue weighted by Crippen LogP contribution is 2.24. The molecule has 1 amide bonds. The van der Waals surface area contributed by atoms with Crippen molar-refractivity contribution in [2.45, 2.75) is 45.3 Å². The molecule has 1 aromatic rings. The maximum atomic E-state index is 12.0. The lowest BCUT2D eigenvalue weighted by molar-refractivity contribution is 0.0498. The van der Waals surface area contributed by atoms with Crippen molar-refractivity contribution in [3.63, 3.8) is 0 Å². The van der Waals surface area contributed by atoms with Crippen molar-refractivity contribution in [1.29, 1.82) is 0 Å². The van der Waals surface area contributed by atoms with E-state index in [1.807, 2.05) is 25.7 Å². The number of alkyl carbamates (subject to hydrolysis) is 1. The fraction of sp³-hybridized carbons (Fsp3) is 0.588. The molecule has 0 aliphatic carbocycles. The van der Waals surface area contributed by atoms with Gasteiger partial charge < -0.3 is 19.7 Å². The number of nitrogens with one attached hydrogen (secondary N) is 1. The Balaban J connectivity index is 2.06. The van der Waals surface area contributed by atoms with Crippen LogP contribution in [0.3, 0.4) is 0 Å². The van der Waals surface area contributed by atoms with E-state index in [0.29, 0.717) is 12.1 Å². The van der Waals surface area contributed by atoms with Gasteiger partial charge in [0.05, 0.1) is 24.6 Å². The molecule has 24 heavy (non-hydrogen) atoms. The van der Waals surface area contributed by atoms with Crippen LogP contribution in [-0.4, -0.2) is 48.9 Å². The number of nitrogens with zero attached hydrogens (tertiary/aromatic N) is 2. The summed E-state index contributed by atoms with van der Waals surface area (Å²) in [5, 5.41) is 2.90. The molecular weight excluding hydrogens is 310 g/mol. The van der Waals surface area contributed by atoms with Crippen LogP contribution in [0.5, 0.6) is 0 Å². The molecule has 0 unspecified atom stereocenters. The Hall–Kier alpha value is -2.31. The van der Waals surface area contributed by atoms with Crippen LogP contribution in [-0.2, 0) is 9.47 Å². The summed E-state index contributed by atoms with van der Waals surface area (Å²) >= 11 is 0. The number of amides is 1. The minimum Gasteiger partial charge on any atom is -0.465 e. The number of rotatable bonds is 3.